The Morgan fingerprint density at radius 3 is 2.13 bits per heavy atom. The van der Waals surface area contributed by atoms with Crippen molar-refractivity contribution in [2.45, 2.75) is 25.9 Å². The van der Waals surface area contributed by atoms with E-state index < -0.39 is 0 Å². The third kappa shape index (κ3) is 3.82. The van der Waals surface area contributed by atoms with Gasteiger partial charge in [0.25, 0.3) is 0 Å². The van der Waals surface area contributed by atoms with E-state index in [1.807, 2.05) is 12.3 Å². The number of rotatable bonds is 5. The molecule has 0 aliphatic heterocycles. The smallest absolute Gasteiger partial charge is 0.0753 e. The Morgan fingerprint density at radius 1 is 0.783 bits per heavy atom. The first kappa shape index (κ1) is 15.4. The highest BCUT2D eigenvalue weighted by molar-refractivity contribution is 5.63. The molecule has 3 aromatic rings. The predicted molar refractivity (Wildman–Crippen MR) is 93.9 cm³/mol. The van der Waals surface area contributed by atoms with Gasteiger partial charge in [0.05, 0.1) is 5.69 Å². The zero-order valence-corrected chi connectivity index (χ0v) is 13.5. The molecule has 116 valence electrons. The molecule has 0 amide bonds. The summed E-state index contributed by atoms with van der Waals surface area (Å²) in [5.41, 5.74) is 4.71. The molecule has 0 saturated carbocycles. The number of hydrogen-bond donors (Lipinski definition) is 1. The molecule has 0 spiro atoms. The second kappa shape index (κ2) is 7.16. The normalized spacial score (nSPS) is 13.5. The zero-order valence-electron chi connectivity index (χ0n) is 13.5. The van der Waals surface area contributed by atoms with Crippen LogP contribution in [0.25, 0.3) is 11.1 Å². The van der Waals surface area contributed by atoms with Crippen LogP contribution in [0.15, 0.2) is 73.2 Å². The van der Waals surface area contributed by atoms with Crippen LogP contribution in [0.5, 0.6) is 0 Å². The topological polar surface area (TPSA) is 37.8 Å². The largest absolute Gasteiger partial charge is 0.302 e. The standard InChI is InChI=1S/C20H21N3/c1-15(23-16(2)20-14-21-12-13-22-20)17-8-10-19(11-9-17)18-6-4-3-5-7-18/h3-16,23H,1-2H3/t15-,16-/m1/s1. The first-order chi connectivity index (χ1) is 11.2. The van der Waals surface area contributed by atoms with Gasteiger partial charge in [-0.3, -0.25) is 9.97 Å². The molecule has 23 heavy (non-hydrogen) atoms. The fourth-order valence-electron chi connectivity index (χ4n) is 2.69. The van der Waals surface area contributed by atoms with E-state index in [-0.39, 0.29) is 12.1 Å². The first-order valence-corrected chi connectivity index (χ1v) is 7.91. The van der Waals surface area contributed by atoms with Crippen molar-refractivity contribution in [2.24, 2.45) is 0 Å². The molecular formula is C20H21N3. The van der Waals surface area contributed by atoms with Gasteiger partial charge in [-0.1, -0.05) is 54.6 Å². The Hall–Kier alpha value is -2.52. The summed E-state index contributed by atoms with van der Waals surface area (Å²) < 4.78 is 0. The minimum Gasteiger partial charge on any atom is -0.302 e. The van der Waals surface area contributed by atoms with E-state index in [1.165, 1.54) is 16.7 Å². The number of benzene rings is 2. The van der Waals surface area contributed by atoms with Crippen molar-refractivity contribution >= 4 is 0 Å². The van der Waals surface area contributed by atoms with Gasteiger partial charge in [-0.25, -0.2) is 0 Å². The van der Waals surface area contributed by atoms with E-state index in [0.29, 0.717) is 0 Å². The predicted octanol–water partition coefficient (Wildman–Crippen LogP) is 4.56. The Bertz CT molecular complexity index is 724. The number of nitrogens with one attached hydrogen (secondary N) is 1. The zero-order chi connectivity index (χ0) is 16.1. The lowest BCUT2D eigenvalue weighted by molar-refractivity contribution is 0.485. The van der Waals surface area contributed by atoms with Gasteiger partial charge < -0.3 is 5.32 Å². The van der Waals surface area contributed by atoms with E-state index in [4.69, 9.17) is 0 Å². The molecule has 0 unspecified atom stereocenters. The average Bonchev–Trinajstić information content (AvgIpc) is 2.63. The van der Waals surface area contributed by atoms with Crippen LogP contribution in [0.1, 0.15) is 37.2 Å². The van der Waals surface area contributed by atoms with E-state index in [0.717, 1.165) is 5.69 Å². The minimum atomic E-state index is 0.160. The van der Waals surface area contributed by atoms with Gasteiger partial charge in [0.1, 0.15) is 0 Å². The van der Waals surface area contributed by atoms with Crippen LogP contribution in [0.4, 0.5) is 0 Å². The summed E-state index contributed by atoms with van der Waals surface area (Å²) in [5.74, 6) is 0. The molecule has 2 atom stereocenters. The van der Waals surface area contributed by atoms with E-state index in [1.54, 1.807) is 12.4 Å². The van der Waals surface area contributed by atoms with Gasteiger partial charge in [-0.2, -0.15) is 0 Å². The van der Waals surface area contributed by atoms with E-state index in [2.05, 4.69) is 77.7 Å². The van der Waals surface area contributed by atoms with Crippen LogP contribution in [0, 0.1) is 0 Å². The maximum absolute atomic E-state index is 4.35. The van der Waals surface area contributed by atoms with Gasteiger partial charge in [-0.15, -0.1) is 0 Å². The molecule has 0 aliphatic rings. The molecule has 0 radical (unpaired) electrons. The summed E-state index contributed by atoms with van der Waals surface area (Å²) in [6, 6.07) is 19.6. The van der Waals surface area contributed by atoms with Gasteiger partial charge >= 0.3 is 0 Å². The summed E-state index contributed by atoms with van der Waals surface area (Å²) in [6.07, 6.45) is 5.23. The highest BCUT2D eigenvalue weighted by atomic mass is 15.0. The molecule has 3 heteroatoms. The molecule has 0 bridgehead atoms. The summed E-state index contributed by atoms with van der Waals surface area (Å²) in [7, 11) is 0. The second-order valence-electron chi connectivity index (χ2n) is 5.73. The molecule has 0 saturated heterocycles. The Labute approximate surface area is 137 Å². The number of nitrogens with zero attached hydrogens (tertiary/aromatic N) is 2. The third-order valence-corrected chi connectivity index (χ3v) is 4.04. The molecule has 3 nitrogen and oxygen atoms in total. The van der Waals surface area contributed by atoms with Gasteiger partial charge in [-0.05, 0) is 30.5 Å². The molecule has 1 heterocycles. The monoisotopic (exact) mass is 303 g/mol. The summed E-state index contributed by atoms with van der Waals surface area (Å²) in [4.78, 5) is 8.48. The average molecular weight is 303 g/mol. The molecule has 1 N–H and O–H groups in total. The fourth-order valence-corrected chi connectivity index (χ4v) is 2.69. The van der Waals surface area contributed by atoms with Crippen molar-refractivity contribution in [1.82, 2.24) is 15.3 Å². The lowest BCUT2D eigenvalue weighted by atomic mass is 10.0. The van der Waals surface area contributed by atoms with Crippen LogP contribution < -0.4 is 5.32 Å². The molecule has 3 rings (SSSR count). The lowest BCUT2D eigenvalue weighted by Crippen LogP contribution is -2.23. The second-order valence-corrected chi connectivity index (χ2v) is 5.73. The highest BCUT2D eigenvalue weighted by Gasteiger charge is 2.12. The summed E-state index contributed by atoms with van der Waals surface area (Å²) in [6.45, 7) is 4.28. The molecule has 2 aromatic carbocycles. The Morgan fingerprint density at radius 2 is 1.48 bits per heavy atom. The maximum Gasteiger partial charge on any atom is 0.0753 e. The van der Waals surface area contributed by atoms with Crippen molar-refractivity contribution in [3.8, 4) is 11.1 Å². The molecule has 0 fully saturated rings. The van der Waals surface area contributed by atoms with Gasteiger partial charge in [0, 0.05) is 30.7 Å². The van der Waals surface area contributed by atoms with Crippen molar-refractivity contribution in [1.29, 1.82) is 0 Å². The van der Waals surface area contributed by atoms with Crippen LogP contribution in [0.3, 0.4) is 0 Å². The van der Waals surface area contributed by atoms with Crippen molar-refractivity contribution in [3.63, 3.8) is 0 Å². The van der Waals surface area contributed by atoms with Gasteiger partial charge in [0.2, 0.25) is 0 Å². The molecule has 0 aliphatic carbocycles. The summed E-state index contributed by atoms with van der Waals surface area (Å²) in [5, 5.41) is 3.57. The number of aromatic nitrogens is 2. The van der Waals surface area contributed by atoms with E-state index in [9.17, 15) is 0 Å². The van der Waals surface area contributed by atoms with Gasteiger partial charge in [0.15, 0.2) is 0 Å². The van der Waals surface area contributed by atoms with Crippen LogP contribution in [0.2, 0.25) is 0 Å². The Kier molecular flexibility index (Phi) is 4.79. The Balaban J connectivity index is 1.69. The third-order valence-electron chi connectivity index (χ3n) is 4.04. The van der Waals surface area contributed by atoms with Crippen LogP contribution >= 0.6 is 0 Å². The summed E-state index contributed by atoms with van der Waals surface area (Å²) >= 11 is 0. The number of hydrogen-bond acceptors (Lipinski definition) is 3. The van der Waals surface area contributed by atoms with Crippen molar-refractivity contribution in [2.75, 3.05) is 0 Å². The SMILES string of the molecule is C[C@@H](N[C@H](C)c1cnccn1)c1ccc(-c2ccccc2)cc1. The van der Waals surface area contributed by atoms with Crippen LogP contribution in [-0.4, -0.2) is 9.97 Å². The quantitative estimate of drug-likeness (QED) is 0.751. The van der Waals surface area contributed by atoms with E-state index >= 15 is 0 Å². The minimum absolute atomic E-state index is 0.160. The highest BCUT2D eigenvalue weighted by Crippen LogP contribution is 2.23. The molecule has 1 aromatic heterocycles. The van der Waals surface area contributed by atoms with Crippen molar-refractivity contribution in [3.05, 3.63) is 84.4 Å². The maximum atomic E-state index is 4.35. The van der Waals surface area contributed by atoms with Crippen molar-refractivity contribution < 1.29 is 0 Å². The first-order valence-electron chi connectivity index (χ1n) is 7.91. The molecular weight excluding hydrogens is 282 g/mol. The lowest BCUT2D eigenvalue weighted by Gasteiger charge is -2.20. The fraction of sp³-hybridized carbons (Fsp3) is 0.200. The van der Waals surface area contributed by atoms with Crippen LogP contribution in [-0.2, 0) is 0 Å².